The molecule has 0 aliphatic rings. The van der Waals surface area contributed by atoms with Crippen LogP contribution < -0.4 is 9.54 Å². The van der Waals surface area contributed by atoms with Crippen molar-refractivity contribution in [3.63, 3.8) is 0 Å². The molecule has 0 saturated heterocycles. The Bertz CT molecular complexity index is 890. The highest BCUT2D eigenvalue weighted by molar-refractivity contribution is 7.99. The van der Waals surface area contributed by atoms with E-state index in [0.717, 1.165) is 21.9 Å². The van der Waals surface area contributed by atoms with E-state index < -0.39 is 6.36 Å². The van der Waals surface area contributed by atoms with E-state index in [-0.39, 0.29) is 10.6 Å². The Balaban J connectivity index is 1.76. The number of aromatic nitrogens is 2. The molecule has 2 heterocycles. The molecular formula is C15H12F3N3OS2. The highest BCUT2D eigenvalue weighted by Gasteiger charge is 2.31. The first-order valence-electron chi connectivity index (χ1n) is 6.90. The number of halogens is 3. The number of nitrogens with one attached hydrogen (secondary N) is 1. The van der Waals surface area contributed by atoms with Crippen molar-refractivity contribution in [3.8, 4) is 5.75 Å². The zero-order valence-corrected chi connectivity index (χ0v) is 13.8. The smallest absolute Gasteiger partial charge is 0.406 e. The molecule has 0 spiro atoms. The number of hydrogen-bond donors (Lipinski definition) is 1. The van der Waals surface area contributed by atoms with Gasteiger partial charge in [-0.15, -0.1) is 24.9 Å². The monoisotopic (exact) mass is 371 g/mol. The number of hydrogen-bond acceptors (Lipinski definition) is 5. The second-order valence-electron chi connectivity index (χ2n) is 4.75. The van der Waals surface area contributed by atoms with Crippen LogP contribution in [0.2, 0.25) is 0 Å². The Kier molecular flexibility index (Phi) is 4.81. The molecule has 4 nitrogen and oxygen atoms in total. The summed E-state index contributed by atoms with van der Waals surface area (Å²) in [5.74, 6) is 0.437. The molecule has 0 saturated carbocycles. The van der Waals surface area contributed by atoms with E-state index in [1.165, 1.54) is 12.1 Å². The third kappa shape index (κ3) is 4.09. The van der Waals surface area contributed by atoms with Crippen LogP contribution in [0.3, 0.4) is 0 Å². The summed E-state index contributed by atoms with van der Waals surface area (Å²) in [4.78, 5) is 4.50. The molecule has 0 unspecified atom stereocenters. The van der Waals surface area contributed by atoms with Gasteiger partial charge in [-0.05, 0) is 30.3 Å². The maximum atomic E-state index is 12.3. The Morgan fingerprint density at radius 2 is 2.08 bits per heavy atom. The number of pyridine rings is 1. The van der Waals surface area contributed by atoms with E-state index in [1.807, 2.05) is 18.2 Å². The van der Waals surface area contributed by atoms with Crippen molar-refractivity contribution in [1.82, 2.24) is 9.55 Å². The van der Waals surface area contributed by atoms with Crippen LogP contribution in [0.15, 0.2) is 47.6 Å². The van der Waals surface area contributed by atoms with Crippen LogP contribution >= 0.6 is 23.1 Å². The van der Waals surface area contributed by atoms with Gasteiger partial charge in [0.05, 0.1) is 15.2 Å². The van der Waals surface area contributed by atoms with Crippen LogP contribution in [-0.4, -0.2) is 21.7 Å². The second-order valence-corrected chi connectivity index (χ2v) is 6.90. The summed E-state index contributed by atoms with van der Waals surface area (Å²) in [6.07, 6.45) is -3.00. The molecule has 2 aromatic heterocycles. The molecule has 126 valence electrons. The molecule has 0 bridgehead atoms. The first-order valence-corrected chi connectivity index (χ1v) is 8.70. The van der Waals surface area contributed by atoms with E-state index in [9.17, 15) is 13.2 Å². The molecular weight excluding hydrogens is 359 g/mol. The van der Waals surface area contributed by atoms with Gasteiger partial charge >= 0.3 is 6.36 Å². The predicted octanol–water partition coefficient (Wildman–Crippen LogP) is 4.27. The molecule has 0 amide bonds. The number of benzene rings is 1. The van der Waals surface area contributed by atoms with E-state index in [1.54, 1.807) is 28.6 Å². The molecule has 24 heavy (non-hydrogen) atoms. The lowest BCUT2D eigenvalue weighted by atomic mass is 10.3. The summed E-state index contributed by atoms with van der Waals surface area (Å²) in [7, 11) is 0. The lowest BCUT2D eigenvalue weighted by molar-refractivity contribution is -0.274. The fourth-order valence-electron chi connectivity index (χ4n) is 2.16. The standard InChI is InChI=1S/C15H12F3N3OS2/c16-15(17,18)22-10-4-5-11-12(9-10)24-14(19)21(11)7-8-23-13-3-1-2-6-20-13/h1-6,9,19H,7-8H2. The highest BCUT2D eigenvalue weighted by Crippen LogP contribution is 2.28. The molecule has 1 aromatic carbocycles. The second kappa shape index (κ2) is 6.86. The Morgan fingerprint density at radius 3 is 2.79 bits per heavy atom. The van der Waals surface area contributed by atoms with Gasteiger partial charge in [0, 0.05) is 18.5 Å². The minimum Gasteiger partial charge on any atom is -0.406 e. The van der Waals surface area contributed by atoms with Gasteiger partial charge in [-0.3, -0.25) is 5.41 Å². The van der Waals surface area contributed by atoms with Gasteiger partial charge in [-0.1, -0.05) is 17.4 Å². The zero-order valence-electron chi connectivity index (χ0n) is 12.2. The molecule has 9 heteroatoms. The van der Waals surface area contributed by atoms with Crippen LogP contribution in [0, 0.1) is 5.41 Å². The Hall–Kier alpha value is -2.00. The minimum atomic E-state index is -4.72. The van der Waals surface area contributed by atoms with E-state index in [4.69, 9.17) is 5.41 Å². The summed E-state index contributed by atoms with van der Waals surface area (Å²) in [5, 5.41) is 8.92. The molecule has 1 N–H and O–H groups in total. The third-order valence-electron chi connectivity index (χ3n) is 3.11. The molecule has 3 rings (SSSR count). The van der Waals surface area contributed by atoms with Gasteiger partial charge in [0.25, 0.3) is 0 Å². The fourth-order valence-corrected chi connectivity index (χ4v) is 3.92. The Morgan fingerprint density at radius 1 is 1.25 bits per heavy atom. The van der Waals surface area contributed by atoms with Crippen LogP contribution in [-0.2, 0) is 6.54 Å². The van der Waals surface area contributed by atoms with Gasteiger partial charge in [0.15, 0.2) is 4.80 Å². The first kappa shape index (κ1) is 16.8. The number of aryl methyl sites for hydroxylation is 1. The average molecular weight is 371 g/mol. The normalized spacial score (nSPS) is 11.8. The number of fused-ring (bicyclic) bond motifs is 1. The van der Waals surface area contributed by atoms with E-state index in [2.05, 4.69) is 9.72 Å². The number of thioether (sulfide) groups is 1. The number of alkyl halides is 3. The van der Waals surface area contributed by atoms with Gasteiger partial charge in [-0.25, -0.2) is 4.98 Å². The predicted molar refractivity (Wildman–Crippen MR) is 87.3 cm³/mol. The van der Waals surface area contributed by atoms with E-state index >= 15 is 0 Å². The molecule has 3 aromatic rings. The summed E-state index contributed by atoms with van der Waals surface area (Å²) >= 11 is 2.69. The lowest BCUT2D eigenvalue weighted by Crippen LogP contribution is -2.17. The quantitative estimate of drug-likeness (QED) is 0.682. The topological polar surface area (TPSA) is 50.9 Å². The van der Waals surface area contributed by atoms with Crippen molar-refractivity contribution < 1.29 is 17.9 Å². The number of ether oxygens (including phenoxy) is 1. The first-order chi connectivity index (χ1) is 11.4. The molecule has 0 aliphatic heterocycles. The molecule has 0 atom stereocenters. The van der Waals surface area contributed by atoms with Crippen LogP contribution in [0.1, 0.15) is 0 Å². The van der Waals surface area contributed by atoms with E-state index in [0.29, 0.717) is 17.0 Å². The average Bonchev–Trinajstić information content (AvgIpc) is 2.82. The van der Waals surface area contributed by atoms with Crippen LogP contribution in [0.25, 0.3) is 10.2 Å². The number of thiazole rings is 1. The van der Waals surface area contributed by atoms with Crippen molar-refractivity contribution >= 4 is 33.3 Å². The number of rotatable bonds is 5. The van der Waals surface area contributed by atoms with Crippen molar-refractivity contribution in [3.05, 3.63) is 47.4 Å². The summed E-state index contributed by atoms with van der Waals surface area (Å²) in [6.45, 7) is 0.569. The van der Waals surface area contributed by atoms with Crippen LogP contribution in [0.5, 0.6) is 5.75 Å². The maximum absolute atomic E-state index is 12.3. The summed E-state index contributed by atoms with van der Waals surface area (Å²) in [6, 6.07) is 9.78. The van der Waals surface area contributed by atoms with Crippen molar-refractivity contribution in [2.75, 3.05) is 5.75 Å². The SMILES string of the molecule is N=c1sc2cc(OC(F)(F)F)ccc2n1CCSc1ccccn1. The Labute approximate surface area is 143 Å². The summed E-state index contributed by atoms with van der Waals surface area (Å²) < 4.78 is 43.1. The largest absolute Gasteiger partial charge is 0.573 e. The fraction of sp³-hybridized carbons (Fsp3) is 0.200. The van der Waals surface area contributed by atoms with Gasteiger partial charge in [-0.2, -0.15) is 0 Å². The molecule has 0 radical (unpaired) electrons. The van der Waals surface area contributed by atoms with Gasteiger partial charge in [0.1, 0.15) is 5.75 Å². The van der Waals surface area contributed by atoms with Gasteiger partial charge < -0.3 is 9.30 Å². The maximum Gasteiger partial charge on any atom is 0.573 e. The summed E-state index contributed by atoms with van der Waals surface area (Å²) in [5.41, 5.74) is 0.723. The van der Waals surface area contributed by atoms with Crippen LogP contribution in [0.4, 0.5) is 13.2 Å². The minimum absolute atomic E-state index is 0.272. The van der Waals surface area contributed by atoms with Crippen molar-refractivity contribution in [2.24, 2.45) is 0 Å². The third-order valence-corrected chi connectivity index (χ3v) is 4.99. The zero-order chi connectivity index (χ0) is 17.2. The van der Waals surface area contributed by atoms with Gasteiger partial charge in [0.2, 0.25) is 0 Å². The van der Waals surface area contributed by atoms with Crippen molar-refractivity contribution in [2.45, 2.75) is 17.9 Å². The lowest BCUT2D eigenvalue weighted by Gasteiger charge is -2.09. The molecule has 0 aliphatic carbocycles. The number of nitrogens with zero attached hydrogens (tertiary/aromatic N) is 2. The van der Waals surface area contributed by atoms with Crippen molar-refractivity contribution in [1.29, 1.82) is 5.41 Å². The highest BCUT2D eigenvalue weighted by atomic mass is 32.2. The molecule has 0 fully saturated rings.